The quantitative estimate of drug-likeness (QED) is 0.824. The largest absolute Gasteiger partial charge is 0.351 e. The maximum absolute atomic E-state index is 13.6. The molecule has 1 N–H and O–H groups in total. The highest BCUT2D eigenvalue weighted by atomic mass is 35.5. The lowest BCUT2D eigenvalue weighted by Gasteiger charge is -2.34. The minimum Gasteiger partial charge on any atom is -0.351 e. The summed E-state index contributed by atoms with van der Waals surface area (Å²) in [5, 5.41) is 3.64. The summed E-state index contributed by atoms with van der Waals surface area (Å²) < 4.78 is 13.6. The van der Waals surface area contributed by atoms with Gasteiger partial charge < -0.3 is 5.32 Å². The molecule has 0 atom stereocenters. The second kappa shape index (κ2) is 9.31. The van der Waals surface area contributed by atoms with Gasteiger partial charge in [0, 0.05) is 44.3 Å². The lowest BCUT2D eigenvalue weighted by atomic mass is 10.1. The predicted molar refractivity (Wildman–Crippen MR) is 106 cm³/mol. The van der Waals surface area contributed by atoms with E-state index in [1.165, 1.54) is 11.6 Å². The maximum atomic E-state index is 13.6. The van der Waals surface area contributed by atoms with E-state index in [-0.39, 0.29) is 11.7 Å². The first-order valence-electron chi connectivity index (χ1n) is 9.20. The smallest absolute Gasteiger partial charge is 0.234 e. The van der Waals surface area contributed by atoms with Crippen molar-refractivity contribution in [2.45, 2.75) is 20.0 Å². The SMILES string of the molecule is Cc1ccc(CNC(=O)CN2CCN(Cc3cccc(Cl)c3)CC2)cc1F. The van der Waals surface area contributed by atoms with E-state index in [4.69, 9.17) is 11.6 Å². The molecule has 1 saturated heterocycles. The normalized spacial score (nSPS) is 15.7. The molecule has 1 amide bonds. The van der Waals surface area contributed by atoms with Crippen molar-refractivity contribution in [1.29, 1.82) is 0 Å². The topological polar surface area (TPSA) is 35.6 Å². The molecule has 0 unspecified atom stereocenters. The van der Waals surface area contributed by atoms with Crippen LogP contribution in [0.4, 0.5) is 4.39 Å². The molecule has 3 rings (SSSR count). The highest BCUT2D eigenvalue weighted by Gasteiger charge is 2.19. The van der Waals surface area contributed by atoms with E-state index < -0.39 is 0 Å². The number of carbonyl (C=O) groups is 1. The third-order valence-electron chi connectivity index (χ3n) is 4.85. The molecular weight excluding hydrogens is 365 g/mol. The molecule has 4 nitrogen and oxygen atoms in total. The molecule has 1 aliphatic heterocycles. The molecule has 1 aliphatic rings. The van der Waals surface area contributed by atoms with E-state index in [1.54, 1.807) is 13.0 Å². The van der Waals surface area contributed by atoms with E-state index in [0.717, 1.165) is 43.3 Å². The Kier molecular flexibility index (Phi) is 6.83. The van der Waals surface area contributed by atoms with E-state index in [9.17, 15) is 9.18 Å². The lowest BCUT2D eigenvalue weighted by Crippen LogP contribution is -2.49. The molecular formula is C21H25ClFN3O. The number of piperazine rings is 1. The summed E-state index contributed by atoms with van der Waals surface area (Å²) >= 11 is 6.04. The number of hydrogen-bond donors (Lipinski definition) is 1. The van der Waals surface area contributed by atoms with Crippen LogP contribution in [0.3, 0.4) is 0 Å². The van der Waals surface area contributed by atoms with Gasteiger partial charge in [-0.2, -0.15) is 0 Å². The van der Waals surface area contributed by atoms with Gasteiger partial charge in [0.25, 0.3) is 0 Å². The van der Waals surface area contributed by atoms with E-state index in [0.29, 0.717) is 18.7 Å². The first kappa shape index (κ1) is 19.8. The third-order valence-corrected chi connectivity index (χ3v) is 5.09. The van der Waals surface area contributed by atoms with Crippen molar-refractivity contribution >= 4 is 17.5 Å². The second-order valence-electron chi connectivity index (χ2n) is 7.04. The summed E-state index contributed by atoms with van der Waals surface area (Å²) in [7, 11) is 0. The van der Waals surface area contributed by atoms with Crippen molar-refractivity contribution in [3.63, 3.8) is 0 Å². The maximum Gasteiger partial charge on any atom is 0.234 e. The fourth-order valence-electron chi connectivity index (χ4n) is 3.20. The minimum atomic E-state index is -0.238. The first-order valence-corrected chi connectivity index (χ1v) is 9.58. The average Bonchev–Trinajstić information content (AvgIpc) is 2.64. The van der Waals surface area contributed by atoms with Gasteiger partial charge in [-0.25, -0.2) is 4.39 Å². The van der Waals surface area contributed by atoms with Crippen LogP contribution in [0.25, 0.3) is 0 Å². The van der Waals surface area contributed by atoms with Crippen molar-refractivity contribution in [3.8, 4) is 0 Å². The Hall–Kier alpha value is -1.95. The second-order valence-corrected chi connectivity index (χ2v) is 7.48. The predicted octanol–water partition coefficient (Wildman–Crippen LogP) is 3.22. The van der Waals surface area contributed by atoms with Gasteiger partial charge in [-0.3, -0.25) is 14.6 Å². The minimum absolute atomic E-state index is 0.0284. The van der Waals surface area contributed by atoms with Gasteiger partial charge in [-0.1, -0.05) is 35.9 Å². The Labute approximate surface area is 164 Å². The van der Waals surface area contributed by atoms with Crippen molar-refractivity contribution in [2.24, 2.45) is 0 Å². The summed E-state index contributed by atoms with van der Waals surface area (Å²) in [5.41, 5.74) is 2.59. The number of carbonyl (C=O) groups excluding carboxylic acids is 1. The number of benzene rings is 2. The Morgan fingerprint density at radius 3 is 2.52 bits per heavy atom. The molecule has 0 spiro atoms. The van der Waals surface area contributed by atoms with Gasteiger partial charge in [0.1, 0.15) is 5.82 Å². The molecule has 2 aromatic rings. The number of nitrogens with zero attached hydrogens (tertiary/aromatic N) is 2. The standard InChI is InChI=1S/C21H25ClFN3O/c1-16-5-6-17(12-20(16)23)13-24-21(27)15-26-9-7-25(8-10-26)14-18-3-2-4-19(22)11-18/h2-6,11-12H,7-10,13-15H2,1H3,(H,24,27). The number of hydrogen-bond acceptors (Lipinski definition) is 3. The zero-order valence-corrected chi connectivity index (χ0v) is 16.3. The zero-order valence-electron chi connectivity index (χ0n) is 15.5. The van der Waals surface area contributed by atoms with Crippen molar-refractivity contribution < 1.29 is 9.18 Å². The molecule has 0 aliphatic carbocycles. The number of nitrogens with one attached hydrogen (secondary N) is 1. The van der Waals surface area contributed by atoms with Crippen LogP contribution >= 0.6 is 11.6 Å². The van der Waals surface area contributed by atoms with E-state index >= 15 is 0 Å². The fraction of sp³-hybridized carbons (Fsp3) is 0.381. The summed E-state index contributed by atoms with van der Waals surface area (Å²) in [4.78, 5) is 16.7. The van der Waals surface area contributed by atoms with Crippen LogP contribution in [0.2, 0.25) is 5.02 Å². The van der Waals surface area contributed by atoms with Crippen LogP contribution in [0, 0.1) is 12.7 Å². The van der Waals surface area contributed by atoms with E-state index in [2.05, 4.69) is 21.2 Å². The summed E-state index contributed by atoms with van der Waals surface area (Å²) in [6, 6.07) is 13.0. The molecule has 6 heteroatoms. The molecule has 0 radical (unpaired) electrons. The van der Waals surface area contributed by atoms with E-state index in [1.807, 2.05) is 24.3 Å². The van der Waals surface area contributed by atoms with Gasteiger partial charge in [-0.15, -0.1) is 0 Å². The zero-order chi connectivity index (χ0) is 19.2. The molecule has 1 heterocycles. The third kappa shape index (κ3) is 6.03. The van der Waals surface area contributed by atoms with Crippen LogP contribution in [0.15, 0.2) is 42.5 Å². The Morgan fingerprint density at radius 2 is 1.81 bits per heavy atom. The van der Waals surface area contributed by atoms with Gasteiger partial charge in [0.15, 0.2) is 0 Å². The number of amides is 1. The van der Waals surface area contributed by atoms with Gasteiger partial charge in [0.05, 0.1) is 6.54 Å². The number of rotatable bonds is 6. The molecule has 144 valence electrons. The molecule has 0 aromatic heterocycles. The van der Waals surface area contributed by atoms with Crippen LogP contribution in [0.5, 0.6) is 0 Å². The first-order chi connectivity index (χ1) is 13.0. The summed E-state index contributed by atoms with van der Waals surface area (Å²) in [5.74, 6) is -0.267. The summed E-state index contributed by atoms with van der Waals surface area (Å²) in [6.45, 7) is 6.87. The Balaban J connectivity index is 1.39. The average molecular weight is 390 g/mol. The van der Waals surface area contributed by atoms with Crippen LogP contribution in [-0.4, -0.2) is 48.4 Å². The van der Waals surface area contributed by atoms with Gasteiger partial charge >= 0.3 is 0 Å². The monoisotopic (exact) mass is 389 g/mol. The van der Waals surface area contributed by atoms with Crippen molar-refractivity contribution in [3.05, 3.63) is 70.0 Å². The number of halogens is 2. The highest BCUT2D eigenvalue weighted by molar-refractivity contribution is 6.30. The van der Waals surface area contributed by atoms with Crippen LogP contribution in [0.1, 0.15) is 16.7 Å². The molecule has 2 aromatic carbocycles. The molecule has 0 saturated carbocycles. The molecule has 0 bridgehead atoms. The van der Waals surface area contributed by atoms with Gasteiger partial charge in [0.2, 0.25) is 5.91 Å². The van der Waals surface area contributed by atoms with Crippen LogP contribution < -0.4 is 5.32 Å². The lowest BCUT2D eigenvalue weighted by molar-refractivity contribution is -0.122. The van der Waals surface area contributed by atoms with Crippen molar-refractivity contribution in [1.82, 2.24) is 15.1 Å². The highest BCUT2D eigenvalue weighted by Crippen LogP contribution is 2.14. The molecule has 1 fully saturated rings. The van der Waals surface area contributed by atoms with Crippen molar-refractivity contribution in [2.75, 3.05) is 32.7 Å². The Morgan fingerprint density at radius 1 is 1.07 bits per heavy atom. The fourth-order valence-corrected chi connectivity index (χ4v) is 3.42. The summed E-state index contributed by atoms with van der Waals surface area (Å²) in [6.07, 6.45) is 0. The molecule has 27 heavy (non-hydrogen) atoms. The Bertz CT molecular complexity index is 791. The van der Waals surface area contributed by atoms with Crippen LogP contribution in [-0.2, 0) is 17.9 Å². The van der Waals surface area contributed by atoms with Gasteiger partial charge in [-0.05, 0) is 41.8 Å². The number of aryl methyl sites for hydroxylation is 1.